The van der Waals surface area contributed by atoms with Crippen LogP contribution in [0.4, 0.5) is 0 Å². The van der Waals surface area contributed by atoms with E-state index in [1.165, 1.54) is 51.4 Å². The minimum Gasteiger partial charge on any atom is -0.342 e. The quantitative estimate of drug-likeness (QED) is 0.802. The number of nitrogens with zero attached hydrogens (tertiary/aromatic N) is 1. The van der Waals surface area contributed by atoms with Gasteiger partial charge in [0.15, 0.2) is 0 Å². The monoisotopic (exact) mass is 326 g/mol. The number of hydrogen-bond acceptors (Lipinski definition) is 2. The molecule has 1 amide bonds. The van der Waals surface area contributed by atoms with Crippen LogP contribution >= 0.6 is 12.4 Å². The Hall–Kier alpha value is -0.280. The fraction of sp³-hybridized carbons (Fsp3) is 0.944. The molecule has 22 heavy (non-hydrogen) atoms. The molecule has 1 unspecified atom stereocenters. The largest absolute Gasteiger partial charge is 0.342 e. The van der Waals surface area contributed by atoms with Gasteiger partial charge >= 0.3 is 0 Å². The third-order valence-corrected chi connectivity index (χ3v) is 7.17. The average Bonchev–Trinajstić information content (AvgIpc) is 3.03. The van der Waals surface area contributed by atoms with Crippen molar-refractivity contribution in [2.24, 2.45) is 22.7 Å². The summed E-state index contributed by atoms with van der Waals surface area (Å²) >= 11 is 0. The highest BCUT2D eigenvalue weighted by Crippen LogP contribution is 2.59. The first kappa shape index (κ1) is 16.6. The summed E-state index contributed by atoms with van der Waals surface area (Å²) in [6.45, 7) is 6.73. The first-order valence-corrected chi connectivity index (χ1v) is 9.12. The van der Waals surface area contributed by atoms with E-state index in [2.05, 4.69) is 17.1 Å². The first-order valence-electron chi connectivity index (χ1n) is 9.12. The van der Waals surface area contributed by atoms with Crippen molar-refractivity contribution in [3.63, 3.8) is 0 Å². The molecule has 0 aromatic carbocycles. The summed E-state index contributed by atoms with van der Waals surface area (Å²) in [5.74, 6) is 1.78. The van der Waals surface area contributed by atoms with Crippen LogP contribution in [-0.4, -0.2) is 37.0 Å². The van der Waals surface area contributed by atoms with Crippen molar-refractivity contribution in [1.82, 2.24) is 10.2 Å². The molecule has 0 aromatic rings. The maximum absolute atomic E-state index is 12.9. The van der Waals surface area contributed by atoms with Crippen molar-refractivity contribution < 1.29 is 4.79 Å². The Morgan fingerprint density at radius 1 is 1.09 bits per heavy atom. The Morgan fingerprint density at radius 2 is 1.77 bits per heavy atom. The summed E-state index contributed by atoms with van der Waals surface area (Å²) < 4.78 is 0. The SMILES string of the molecule is CC1CCC2(CC1)CCN(C(=O)C1CC13CCNCC3)C2.Cl. The molecule has 2 heterocycles. The third-order valence-electron chi connectivity index (χ3n) is 7.17. The van der Waals surface area contributed by atoms with Crippen molar-refractivity contribution in [2.75, 3.05) is 26.2 Å². The van der Waals surface area contributed by atoms with Crippen LogP contribution in [0.3, 0.4) is 0 Å². The van der Waals surface area contributed by atoms with Crippen molar-refractivity contribution in [2.45, 2.75) is 58.3 Å². The molecule has 0 aromatic heterocycles. The normalized spacial score (nSPS) is 39.8. The number of piperidine rings is 1. The number of carbonyl (C=O) groups is 1. The van der Waals surface area contributed by atoms with Gasteiger partial charge in [0, 0.05) is 19.0 Å². The van der Waals surface area contributed by atoms with Crippen LogP contribution in [0.15, 0.2) is 0 Å². The molecule has 0 bridgehead atoms. The minimum absolute atomic E-state index is 0. The van der Waals surface area contributed by atoms with E-state index in [0.29, 0.717) is 22.7 Å². The number of rotatable bonds is 1. The van der Waals surface area contributed by atoms with Gasteiger partial charge in [0.2, 0.25) is 5.91 Å². The van der Waals surface area contributed by atoms with Crippen LogP contribution in [0.2, 0.25) is 0 Å². The number of hydrogen-bond donors (Lipinski definition) is 1. The molecule has 126 valence electrons. The second-order valence-electron chi connectivity index (χ2n) is 8.56. The summed E-state index contributed by atoms with van der Waals surface area (Å²) in [6.07, 6.45) is 10.4. The Kier molecular flexibility index (Phi) is 4.50. The lowest BCUT2D eigenvalue weighted by atomic mass is 9.70. The zero-order chi connectivity index (χ0) is 14.5. The molecule has 0 radical (unpaired) electrons. The van der Waals surface area contributed by atoms with Crippen molar-refractivity contribution in [3.05, 3.63) is 0 Å². The molecule has 3 nitrogen and oxygen atoms in total. The van der Waals surface area contributed by atoms with Crippen molar-refractivity contribution in [1.29, 1.82) is 0 Å². The van der Waals surface area contributed by atoms with E-state index < -0.39 is 0 Å². The molecule has 1 atom stereocenters. The summed E-state index contributed by atoms with van der Waals surface area (Å²) in [7, 11) is 0. The number of nitrogens with one attached hydrogen (secondary N) is 1. The van der Waals surface area contributed by atoms with Gasteiger partial charge in [0.25, 0.3) is 0 Å². The van der Waals surface area contributed by atoms with Gasteiger partial charge in [-0.2, -0.15) is 0 Å². The van der Waals surface area contributed by atoms with Gasteiger partial charge < -0.3 is 10.2 Å². The van der Waals surface area contributed by atoms with Gasteiger partial charge in [-0.1, -0.05) is 19.8 Å². The number of carbonyl (C=O) groups excluding carboxylic acids is 1. The van der Waals surface area contributed by atoms with Gasteiger partial charge in [0.05, 0.1) is 0 Å². The van der Waals surface area contributed by atoms with Crippen LogP contribution in [0, 0.1) is 22.7 Å². The lowest BCUT2D eigenvalue weighted by Gasteiger charge is -2.36. The van der Waals surface area contributed by atoms with E-state index >= 15 is 0 Å². The molecule has 4 rings (SSSR count). The van der Waals surface area contributed by atoms with E-state index in [-0.39, 0.29) is 12.4 Å². The van der Waals surface area contributed by atoms with Crippen molar-refractivity contribution in [3.8, 4) is 0 Å². The average molecular weight is 327 g/mol. The maximum atomic E-state index is 12.9. The van der Waals surface area contributed by atoms with Gasteiger partial charge in [0.1, 0.15) is 0 Å². The topological polar surface area (TPSA) is 32.3 Å². The molecule has 2 aliphatic heterocycles. The Labute approximate surface area is 141 Å². The molecule has 4 aliphatic rings. The van der Waals surface area contributed by atoms with Crippen molar-refractivity contribution >= 4 is 18.3 Å². The lowest BCUT2D eigenvalue weighted by Crippen LogP contribution is -2.37. The van der Waals surface area contributed by atoms with E-state index in [1.807, 2.05) is 0 Å². The van der Waals surface area contributed by atoms with Crippen LogP contribution < -0.4 is 5.32 Å². The fourth-order valence-corrected chi connectivity index (χ4v) is 5.30. The predicted octanol–water partition coefficient (Wildman–Crippen LogP) is 3.23. The second kappa shape index (κ2) is 5.98. The highest BCUT2D eigenvalue weighted by atomic mass is 35.5. The van der Waals surface area contributed by atoms with Gasteiger partial charge in [-0.3, -0.25) is 4.79 Å². The summed E-state index contributed by atoms with van der Waals surface area (Å²) in [5, 5.41) is 3.44. The van der Waals surface area contributed by atoms with Crippen LogP contribution in [0.25, 0.3) is 0 Å². The Morgan fingerprint density at radius 3 is 2.45 bits per heavy atom. The highest BCUT2D eigenvalue weighted by Gasteiger charge is 2.59. The van der Waals surface area contributed by atoms with Crippen LogP contribution in [0.1, 0.15) is 58.3 Å². The smallest absolute Gasteiger partial charge is 0.226 e. The molecular weight excluding hydrogens is 296 g/mol. The first-order chi connectivity index (χ1) is 10.1. The number of halogens is 1. The molecule has 4 heteroatoms. The summed E-state index contributed by atoms with van der Waals surface area (Å²) in [5.41, 5.74) is 0.900. The molecule has 4 fully saturated rings. The fourth-order valence-electron chi connectivity index (χ4n) is 5.30. The van der Waals surface area contributed by atoms with E-state index in [0.717, 1.165) is 32.1 Å². The number of amides is 1. The maximum Gasteiger partial charge on any atom is 0.226 e. The molecule has 2 aliphatic carbocycles. The van der Waals surface area contributed by atoms with Gasteiger partial charge in [-0.15, -0.1) is 12.4 Å². The van der Waals surface area contributed by atoms with Crippen LogP contribution in [-0.2, 0) is 4.79 Å². The predicted molar refractivity (Wildman–Crippen MR) is 91.2 cm³/mol. The zero-order valence-electron chi connectivity index (χ0n) is 13.9. The van der Waals surface area contributed by atoms with Gasteiger partial charge in [-0.05, 0) is 68.4 Å². The van der Waals surface area contributed by atoms with Gasteiger partial charge in [-0.25, -0.2) is 0 Å². The van der Waals surface area contributed by atoms with E-state index in [1.54, 1.807) is 0 Å². The molecule has 2 saturated carbocycles. The summed E-state index contributed by atoms with van der Waals surface area (Å²) in [6, 6.07) is 0. The summed E-state index contributed by atoms with van der Waals surface area (Å²) in [4.78, 5) is 15.1. The van der Waals surface area contributed by atoms with E-state index in [4.69, 9.17) is 0 Å². The zero-order valence-corrected chi connectivity index (χ0v) is 14.7. The number of likely N-dealkylation sites (tertiary alicyclic amines) is 1. The molecule has 2 spiro atoms. The molecular formula is C18H31ClN2O. The van der Waals surface area contributed by atoms with E-state index in [9.17, 15) is 4.79 Å². The highest BCUT2D eigenvalue weighted by molar-refractivity contribution is 5.85. The Bertz CT molecular complexity index is 425. The van der Waals surface area contributed by atoms with Crippen LogP contribution in [0.5, 0.6) is 0 Å². The Balaban J connectivity index is 0.00000144. The lowest BCUT2D eigenvalue weighted by molar-refractivity contribution is -0.133. The molecule has 1 N–H and O–H groups in total. The second-order valence-corrected chi connectivity index (χ2v) is 8.56. The molecule has 2 saturated heterocycles. The minimum atomic E-state index is 0. The standard InChI is InChI=1S/C18H30N2O.ClH/c1-14-2-4-17(5-3-14)8-11-20(13-17)16(21)15-12-18(15)6-9-19-10-7-18;/h14-15,19H,2-13H2,1H3;1H. The third kappa shape index (κ3) is 2.80.